The fraction of sp³-hybridized carbons (Fsp3) is 0.500. The lowest BCUT2D eigenvalue weighted by Crippen LogP contribution is -2.37. The van der Waals surface area contributed by atoms with Gasteiger partial charge in [0.15, 0.2) is 9.84 Å². The highest BCUT2D eigenvalue weighted by atomic mass is 32.2. The summed E-state index contributed by atoms with van der Waals surface area (Å²) in [6.45, 7) is 1.49. The molecule has 1 aromatic carbocycles. The van der Waals surface area contributed by atoms with Crippen molar-refractivity contribution in [1.82, 2.24) is 4.90 Å². The molecule has 0 radical (unpaired) electrons. The van der Waals surface area contributed by atoms with E-state index >= 15 is 0 Å². The Bertz CT molecular complexity index is 684. The zero-order chi connectivity index (χ0) is 16.3. The van der Waals surface area contributed by atoms with Crippen LogP contribution >= 0.6 is 0 Å². The first-order valence-corrected chi connectivity index (χ1v) is 10.1. The van der Waals surface area contributed by atoms with E-state index < -0.39 is 9.84 Å². The molecule has 3 rings (SSSR count). The molecule has 2 heterocycles. The number of sulfone groups is 1. The van der Waals surface area contributed by atoms with Crippen molar-refractivity contribution >= 4 is 21.8 Å². The molecule has 4 nitrogen and oxygen atoms in total. The Kier molecular flexibility index (Phi) is 4.85. The first kappa shape index (κ1) is 16.2. The molecular weight excluding hydrogens is 310 g/mol. The lowest BCUT2D eigenvalue weighted by atomic mass is 9.99. The van der Waals surface area contributed by atoms with Crippen LogP contribution in [0.15, 0.2) is 35.9 Å². The summed E-state index contributed by atoms with van der Waals surface area (Å²) in [4.78, 5) is 14.2. The van der Waals surface area contributed by atoms with Crippen molar-refractivity contribution in [2.45, 2.75) is 25.7 Å². The summed E-state index contributed by atoms with van der Waals surface area (Å²) in [5.41, 5.74) is 2.59. The van der Waals surface area contributed by atoms with Crippen LogP contribution in [0.2, 0.25) is 0 Å². The van der Waals surface area contributed by atoms with Gasteiger partial charge in [-0.1, -0.05) is 42.0 Å². The highest BCUT2D eigenvalue weighted by Crippen LogP contribution is 2.25. The van der Waals surface area contributed by atoms with Gasteiger partial charge in [0, 0.05) is 19.5 Å². The number of carbonyl (C=O) groups excluding carboxylic acids is 1. The van der Waals surface area contributed by atoms with Crippen LogP contribution in [-0.2, 0) is 14.6 Å². The third-order valence-electron chi connectivity index (χ3n) is 4.72. The SMILES string of the molecule is O=C(C[C@H]1CCS(=O)(=O)C1)N1CCC(=Cc2ccccc2)CC1. The lowest BCUT2D eigenvalue weighted by molar-refractivity contribution is -0.132. The summed E-state index contributed by atoms with van der Waals surface area (Å²) in [6, 6.07) is 10.2. The Morgan fingerprint density at radius 3 is 2.48 bits per heavy atom. The maximum atomic E-state index is 12.3. The average Bonchev–Trinajstić information content (AvgIpc) is 2.88. The molecule has 0 aliphatic carbocycles. The third kappa shape index (κ3) is 4.44. The molecule has 2 aliphatic heterocycles. The van der Waals surface area contributed by atoms with Gasteiger partial charge < -0.3 is 4.90 Å². The second-order valence-corrected chi connectivity index (χ2v) is 8.80. The van der Waals surface area contributed by atoms with Gasteiger partial charge in [0.1, 0.15) is 0 Å². The molecule has 1 amide bonds. The second kappa shape index (κ2) is 6.87. The number of piperidine rings is 1. The molecule has 0 saturated carbocycles. The minimum absolute atomic E-state index is 0.0220. The minimum Gasteiger partial charge on any atom is -0.342 e. The molecule has 124 valence electrons. The van der Waals surface area contributed by atoms with Crippen molar-refractivity contribution in [2.75, 3.05) is 24.6 Å². The average molecular weight is 333 g/mol. The van der Waals surface area contributed by atoms with E-state index in [9.17, 15) is 13.2 Å². The van der Waals surface area contributed by atoms with E-state index in [-0.39, 0.29) is 23.3 Å². The highest BCUT2D eigenvalue weighted by molar-refractivity contribution is 7.91. The number of likely N-dealkylation sites (tertiary alicyclic amines) is 1. The van der Waals surface area contributed by atoms with Crippen LogP contribution in [0.1, 0.15) is 31.2 Å². The van der Waals surface area contributed by atoms with Crippen molar-refractivity contribution in [1.29, 1.82) is 0 Å². The van der Waals surface area contributed by atoms with Crippen LogP contribution < -0.4 is 0 Å². The fourth-order valence-electron chi connectivity index (χ4n) is 3.38. The molecule has 5 heteroatoms. The Labute approximate surface area is 138 Å². The van der Waals surface area contributed by atoms with Crippen molar-refractivity contribution < 1.29 is 13.2 Å². The largest absolute Gasteiger partial charge is 0.342 e. The number of benzene rings is 1. The molecule has 1 aromatic rings. The van der Waals surface area contributed by atoms with Crippen molar-refractivity contribution in [2.24, 2.45) is 5.92 Å². The Balaban J connectivity index is 1.51. The van der Waals surface area contributed by atoms with Crippen molar-refractivity contribution in [3.63, 3.8) is 0 Å². The summed E-state index contributed by atoms with van der Waals surface area (Å²) >= 11 is 0. The first-order chi connectivity index (χ1) is 11.0. The van der Waals surface area contributed by atoms with Gasteiger partial charge in [-0.2, -0.15) is 0 Å². The topological polar surface area (TPSA) is 54.5 Å². The summed E-state index contributed by atoms with van der Waals surface area (Å²) in [5.74, 6) is 0.570. The minimum atomic E-state index is -2.90. The van der Waals surface area contributed by atoms with Crippen LogP contribution in [0.5, 0.6) is 0 Å². The molecule has 1 atom stereocenters. The number of amides is 1. The number of rotatable bonds is 3. The Morgan fingerprint density at radius 1 is 1.17 bits per heavy atom. The van der Waals surface area contributed by atoms with Crippen LogP contribution in [-0.4, -0.2) is 43.8 Å². The lowest BCUT2D eigenvalue weighted by Gasteiger charge is -2.29. The van der Waals surface area contributed by atoms with Crippen LogP contribution in [0.4, 0.5) is 0 Å². The van der Waals surface area contributed by atoms with Crippen LogP contribution in [0.3, 0.4) is 0 Å². The van der Waals surface area contributed by atoms with Crippen LogP contribution in [0.25, 0.3) is 6.08 Å². The molecule has 2 saturated heterocycles. The highest BCUT2D eigenvalue weighted by Gasteiger charge is 2.31. The summed E-state index contributed by atoms with van der Waals surface area (Å²) in [5, 5.41) is 0. The van der Waals surface area contributed by atoms with E-state index in [1.807, 2.05) is 23.1 Å². The predicted molar refractivity (Wildman–Crippen MR) is 91.6 cm³/mol. The van der Waals surface area contributed by atoms with E-state index in [0.29, 0.717) is 12.8 Å². The van der Waals surface area contributed by atoms with E-state index in [4.69, 9.17) is 0 Å². The molecular formula is C18H23NO3S. The molecule has 0 aromatic heterocycles. The maximum Gasteiger partial charge on any atom is 0.222 e. The van der Waals surface area contributed by atoms with Gasteiger partial charge in [-0.3, -0.25) is 4.79 Å². The molecule has 0 bridgehead atoms. The quantitative estimate of drug-likeness (QED) is 0.854. The number of nitrogens with zero attached hydrogens (tertiary/aromatic N) is 1. The Morgan fingerprint density at radius 2 is 1.87 bits per heavy atom. The molecule has 23 heavy (non-hydrogen) atoms. The molecule has 2 aliphatic rings. The summed E-state index contributed by atoms with van der Waals surface area (Å²) in [7, 11) is -2.90. The van der Waals surface area contributed by atoms with E-state index in [1.54, 1.807) is 0 Å². The monoisotopic (exact) mass is 333 g/mol. The molecule has 2 fully saturated rings. The zero-order valence-electron chi connectivity index (χ0n) is 13.3. The maximum absolute atomic E-state index is 12.3. The van der Waals surface area contributed by atoms with Gasteiger partial charge >= 0.3 is 0 Å². The second-order valence-electron chi connectivity index (χ2n) is 6.57. The van der Waals surface area contributed by atoms with Gasteiger partial charge in [-0.05, 0) is 30.7 Å². The molecule has 0 N–H and O–H groups in total. The van der Waals surface area contributed by atoms with Gasteiger partial charge in [0.25, 0.3) is 0 Å². The zero-order valence-corrected chi connectivity index (χ0v) is 14.1. The van der Waals surface area contributed by atoms with Gasteiger partial charge in [0.05, 0.1) is 11.5 Å². The van der Waals surface area contributed by atoms with E-state index in [0.717, 1.165) is 25.9 Å². The van der Waals surface area contributed by atoms with Crippen molar-refractivity contribution in [3.8, 4) is 0 Å². The van der Waals surface area contributed by atoms with Crippen molar-refractivity contribution in [3.05, 3.63) is 41.5 Å². The first-order valence-electron chi connectivity index (χ1n) is 8.24. The number of hydrogen-bond acceptors (Lipinski definition) is 3. The summed E-state index contributed by atoms with van der Waals surface area (Å²) in [6.07, 6.45) is 5.05. The molecule has 0 unspecified atom stereocenters. The van der Waals surface area contributed by atoms with Gasteiger partial charge in [0.2, 0.25) is 5.91 Å². The fourth-order valence-corrected chi connectivity index (χ4v) is 5.24. The molecule has 0 spiro atoms. The normalized spacial score (nSPS) is 23.7. The summed E-state index contributed by atoms with van der Waals surface area (Å²) < 4.78 is 23.0. The van der Waals surface area contributed by atoms with E-state index in [2.05, 4.69) is 18.2 Å². The Hall–Kier alpha value is -1.62. The predicted octanol–water partition coefficient (Wildman–Crippen LogP) is 2.52. The van der Waals surface area contributed by atoms with Gasteiger partial charge in [-0.25, -0.2) is 8.42 Å². The van der Waals surface area contributed by atoms with E-state index in [1.165, 1.54) is 11.1 Å². The van der Waals surface area contributed by atoms with Gasteiger partial charge in [-0.15, -0.1) is 0 Å². The number of carbonyl (C=O) groups is 1. The van der Waals surface area contributed by atoms with Crippen LogP contribution in [0, 0.1) is 5.92 Å². The third-order valence-corrected chi connectivity index (χ3v) is 6.56. The standard InChI is InChI=1S/C18H23NO3S/c20-18(13-17-8-11-23(21,22)14-17)19-9-6-16(7-10-19)12-15-4-2-1-3-5-15/h1-5,12,17H,6-11,13-14H2/t17-/m1/s1. The number of hydrogen-bond donors (Lipinski definition) is 0. The smallest absolute Gasteiger partial charge is 0.222 e.